The molecule has 0 aliphatic carbocycles. The standard InChI is InChI=1S/C19H26N6O4S4/c1-23(2)32(26,27)16-10-6-8-14(12-16)20-18(30)22-25(5)19(31)21-15-9-7-11-17(13-15)33(28,29)24(3)4/h6-13H,1-5H3,(H,21,31)(H2,20,22,30). The van der Waals surface area contributed by atoms with Crippen LogP contribution in [0.1, 0.15) is 0 Å². The molecular formula is C19H26N6O4S4. The molecule has 180 valence electrons. The van der Waals surface area contributed by atoms with Gasteiger partial charge in [0, 0.05) is 46.6 Å². The fraction of sp³-hybridized carbons (Fsp3) is 0.263. The first-order chi connectivity index (χ1) is 15.2. The minimum atomic E-state index is -3.58. The topological polar surface area (TPSA) is 114 Å². The summed E-state index contributed by atoms with van der Waals surface area (Å²) in [4.78, 5) is 0.249. The molecule has 0 aromatic heterocycles. The molecule has 0 fully saturated rings. The van der Waals surface area contributed by atoms with E-state index in [4.69, 9.17) is 24.4 Å². The second-order valence-corrected chi connectivity index (χ2v) is 12.3. The second-order valence-electron chi connectivity index (χ2n) is 7.19. The van der Waals surface area contributed by atoms with E-state index in [0.29, 0.717) is 11.4 Å². The van der Waals surface area contributed by atoms with Gasteiger partial charge in [-0.2, -0.15) is 0 Å². The lowest BCUT2D eigenvalue weighted by Gasteiger charge is -2.24. The van der Waals surface area contributed by atoms with Crippen molar-refractivity contribution in [1.29, 1.82) is 0 Å². The third-order valence-corrected chi connectivity index (χ3v) is 8.50. The average molecular weight is 531 g/mol. The monoisotopic (exact) mass is 530 g/mol. The molecule has 10 nitrogen and oxygen atoms in total. The normalized spacial score (nSPS) is 11.8. The summed E-state index contributed by atoms with van der Waals surface area (Å²) in [5.74, 6) is 0. The maximum Gasteiger partial charge on any atom is 0.242 e. The van der Waals surface area contributed by atoms with Crippen molar-refractivity contribution < 1.29 is 16.8 Å². The number of thiocarbonyl (C=S) groups is 2. The molecule has 0 unspecified atom stereocenters. The van der Waals surface area contributed by atoms with Crippen LogP contribution in [0.4, 0.5) is 11.4 Å². The van der Waals surface area contributed by atoms with Gasteiger partial charge in [0.05, 0.1) is 9.79 Å². The Labute approximate surface area is 205 Å². The fourth-order valence-corrected chi connectivity index (χ4v) is 4.77. The van der Waals surface area contributed by atoms with Gasteiger partial charge in [-0.3, -0.25) is 10.4 Å². The zero-order chi connectivity index (χ0) is 25.0. The SMILES string of the molecule is CN(NC(=S)Nc1cccc(S(=O)(=O)N(C)C)c1)C(=S)Nc1cccc(S(=O)(=O)N(C)C)c1. The Hall–Kier alpha value is -2.36. The van der Waals surface area contributed by atoms with E-state index >= 15 is 0 Å². The number of hydrogen-bond donors (Lipinski definition) is 3. The van der Waals surface area contributed by atoms with Crippen molar-refractivity contribution in [1.82, 2.24) is 19.0 Å². The van der Waals surface area contributed by atoms with Gasteiger partial charge in [0.1, 0.15) is 0 Å². The van der Waals surface area contributed by atoms with Crippen LogP contribution in [0.25, 0.3) is 0 Å². The quantitative estimate of drug-likeness (QED) is 0.377. The highest BCUT2D eigenvalue weighted by Crippen LogP contribution is 2.19. The lowest BCUT2D eigenvalue weighted by atomic mass is 10.3. The van der Waals surface area contributed by atoms with Crippen LogP contribution in [-0.2, 0) is 20.0 Å². The van der Waals surface area contributed by atoms with Crippen molar-refractivity contribution in [3.63, 3.8) is 0 Å². The first kappa shape index (κ1) is 26.9. The first-order valence-electron chi connectivity index (χ1n) is 9.42. The van der Waals surface area contributed by atoms with Crippen LogP contribution in [-0.4, -0.2) is 75.9 Å². The van der Waals surface area contributed by atoms with Crippen molar-refractivity contribution >= 4 is 66.1 Å². The molecule has 0 heterocycles. The first-order valence-corrected chi connectivity index (χ1v) is 13.1. The molecule has 3 N–H and O–H groups in total. The van der Waals surface area contributed by atoms with E-state index in [-0.39, 0.29) is 20.0 Å². The Balaban J connectivity index is 2.04. The van der Waals surface area contributed by atoms with E-state index in [0.717, 1.165) is 8.61 Å². The zero-order valence-electron chi connectivity index (χ0n) is 18.7. The van der Waals surface area contributed by atoms with Crippen LogP contribution in [0.2, 0.25) is 0 Å². The highest BCUT2D eigenvalue weighted by molar-refractivity contribution is 7.89. The second kappa shape index (κ2) is 10.7. The molecule has 0 aliphatic rings. The molecule has 2 rings (SSSR count). The average Bonchev–Trinajstić information content (AvgIpc) is 2.73. The van der Waals surface area contributed by atoms with Crippen LogP contribution in [0.15, 0.2) is 58.3 Å². The third kappa shape index (κ3) is 6.82. The number of rotatable bonds is 6. The predicted octanol–water partition coefficient (Wildman–Crippen LogP) is 1.72. The van der Waals surface area contributed by atoms with Crippen molar-refractivity contribution in [2.24, 2.45) is 0 Å². The van der Waals surface area contributed by atoms with Crippen molar-refractivity contribution in [2.45, 2.75) is 9.79 Å². The van der Waals surface area contributed by atoms with Gasteiger partial charge < -0.3 is 10.6 Å². The number of sulfonamides is 2. The highest BCUT2D eigenvalue weighted by Gasteiger charge is 2.19. The zero-order valence-corrected chi connectivity index (χ0v) is 22.0. The van der Waals surface area contributed by atoms with Gasteiger partial charge in [-0.25, -0.2) is 25.4 Å². The molecule has 2 aromatic carbocycles. The largest absolute Gasteiger partial charge is 0.331 e. The number of hydrogen-bond acceptors (Lipinski definition) is 6. The lowest BCUT2D eigenvalue weighted by molar-refractivity contribution is 0.467. The van der Waals surface area contributed by atoms with Crippen LogP contribution in [0.5, 0.6) is 0 Å². The molecule has 0 saturated carbocycles. The summed E-state index contributed by atoms with van der Waals surface area (Å²) in [6, 6.07) is 12.5. The number of hydrazine groups is 1. The van der Waals surface area contributed by atoms with Gasteiger partial charge in [0.15, 0.2) is 10.2 Å². The Kier molecular flexibility index (Phi) is 8.73. The highest BCUT2D eigenvalue weighted by atomic mass is 32.2. The Morgan fingerprint density at radius 2 is 1.15 bits per heavy atom. The van der Waals surface area contributed by atoms with Gasteiger partial charge >= 0.3 is 0 Å². The third-order valence-electron chi connectivity index (χ3n) is 4.31. The van der Waals surface area contributed by atoms with E-state index in [9.17, 15) is 16.8 Å². The summed E-state index contributed by atoms with van der Waals surface area (Å²) in [5, 5.41) is 7.68. The number of benzene rings is 2. The van der Waals surface area contributed by atoms with E-state index in [1.54, 1.807) is 31.3 Å². The van der Waals surface area contributed by atoms with Gasteiger partial charge in [0.25, 0.3) is 0 Å². The fourth-order valence-electron chi connectivity index (χ4n) is 2.46. The molecule has 0 bridgehead atoms. The van der Waals surface area contributed by atoms with Gasteiger partial charge in [-0.1, -0.05) is 12.1 Å². The molecule has 0 radical (unpaired) electrons. The van der Waals surface area contributed by atoms with E-state index in [2.05, 4.69) is 16.1 Å². The Morgan fingerprint density at radius 3 is 1.58 bits per heavy atom. The molecule has 0 amide bonds. The molecule has 0 saturated heterocycles. The summed E-state index contributed by atoms with van der Waals surface area (Å²) in [6.07, 6.45) is 0. The Morgan fingerprint density at radius 1 is 0.727 bits per heavy atom. The minimum absolute atomic E-state index is 0.124. The van der Waals surface area contributed by atoms with Crippen LogP contribution in [0.3, 0.4) is 0 Å². The molecule has 0 spiro atoms. The number of anilines is 2. The van der Waals surface area contributed by atoms with Crippen molar-refractivity contribution in [3.8, 4) is 0 Å². The van der Waals surface area contributed by atoms with E-state index in [1.165, 1.54) is 57.5 Å². The van der Waals surface area contributed by atoms with E-state index < -0.39 is 20.0 Å². The predicted molar refractivity (Wildman–Crippen MR) is 138 cm³/mol. The summed E-state index contributed by atoms with van der Waals surface area (Å²) >= 11 is 10.6. The van der Waals surface area contributed by atoms with Gasteiger partial charge in [0.2, 0.25) is 20.0 Å². The lowest BCUT2D eigenvalue weighted by Crippen LogP contribution is -2.47. The molecule has 0 atom stereocenters. The number of nitrogens with one attached hydrogen (secondary N) is 3. The van der Waals surface area contributed by atoms with Gasteiger partial charge in [-0.15, -0.1) is 0 Å². The summed E-state index contributed by atoms with van der Waals surface area (Å²) in [6.45, 7) is 0. The molecule has 33 heavy (non-hydrogen) atoms. The summed E-state index contributed by atoms with van der Waals surface area (Å²) in [5.41, 5.74) is 3.82. The molecule has 2 aromatic rings. The Bertz CT molecular complexity index is 1250. The maximum atomic E-state index is 12.3. The number of nitrogens with zero attached hydrogens (tertiary/aromatic N) is 3. The molecule has 14 heteroatoms. The van der Waals surface area contributed by atoms with Crippen LogP contribution < -0.4 is 16.1 Å². The van der Waals surface area contributed by atoms with Crippen molar-refractivity contribution in [3.05, 3.63) is 48.5 Å². The summed E-state index contributed by atoms with van der Waals surface area (Å²) in [7, 11) is 0.275. The molecular weight excluding hydrogens is 505 g/mol. The van der Waals surface area contributed by atoms with E-state index in [1.807, 2.05) is 0 Å². The molecule has 0 aliphatic heterocycles. The van der Waals surface area contributed by atoms with Crippen LogP contribution >= 0.6 is 24.4 Å². The van der Waals surface area contributed by atoms with Crippen LogP contribution in [0, 0.1) is 0 Å². The van der Waals surface area contributed by atoms with Crippen molar-refractivity contribution in [2.75, 3.05) is 45.9 Å². The minimum Gasteiger partial charge on any atom is -0.331 e. The smallest absolute Gasteiger partial charge is 0.242 e. The maximum absolute atomic E-state index is 12.3. The summed E-state index contributed by atoms with van der Waals surface area (Å²) < 4.78 is 51.5. The van der Waals surface area contributed by atoms with Gasteiger partial charge in [-0.05, 0) is 60.8 Å².